The number of benzene rings is 1. The zero-order valence-electron chi connectivity index (χ0n) is 13.0. The number of aryl methyl sites for hydroxylation is 1. The van der Waals surface area contributed by atoms with E-state index in [1.807, 2.05) is 15.7 Å². The van der Waals surface area contributed by atoms with Gasteiger partial charge in [0.2, 0.25) is 0 Å². The molecule has 2 heterocycles. The van der Waals surface area contributed by atoms with Gasteiger partial charge >= 0.3 is 12.4 Å². The highest BCUT2D eigenvalue weighted by molar-refractivity contribution is 5.33. The highest BCUT2D eigenvalue weighted by Gasteiger charge is 2.37. The van der Waals surface area contributed by atoms with Crippen molar-refractivity contribution in [3.8, 4) is 0 Å². The molecule has 0 N–H and O–H groups in total. The second-order valence-corrected chi connectivity index (χ2v) is 6.02. The molecule has 0 amide bonds. The van der Waals surface area contributed by atoms with Gasteiger partial charge in [0, 0.05) is 32.0 Å². The number of aromatic nitrogens is 2. The Balaban J connectivity index is 1.89. The van der Waals surface area contributed by atoms with E-state index in [0.717, 1.165) is 30.9 Å². The highest BCUT2D eigenvalue weighted by atomic mass is 19.4. The van der Waals surface area contributed by atoms with E-state index in [-0.39, 0.29) is 18.2 Å². The Morgan fingerprint density at radius 1 is 0.920 bits per heavy atom. The van der Waals surface area contributed by atoms with Crippen LogP contribution in [0.2, 0.25) is 0 Å². The molecular weight excluding hydrogens is 348 g/mol. The van der Waals surface area contributed by atoms with E-state index in [9.17, 15) is 26.3 Å². The minimum atomic E-state index is -4.83. The van der Waals surface area contributed by atoms with Crippen LogP contribution in [0.1, 0.15) is 28.9 Å². The lowest BCUT2D eigenvalue weighted by molar-refractivity contribution is -0.143. The summed E-state index contributed by atoms with van der Waals surface area (Å²) in [6, 6.07) is 1.72. The summed E-state index contributed by atoms with van der Waals surface area (Å²) in [7, 11) is 0. The Bertz CT molecular complexity index is 715. The largest absolute Gasteiger partial charge is 0.416 e. The molecule has 2 aromatic rings. The molecule has 0 saturated carbocycles. The van der Waals surface area contributed by atoms with Crippen LogP contribution in [-0.2, 0) is 32.0 Å². The molecule has 0 saturated heterocycles. The molecule has 1 aliphatic rings. The number of hydrogen-bond donors (Lipinski definition) is 0. The summed E-state index contributed by atoms with van der Waals surface area (Å²) in [6.07, 6.45) is -5.47. The minimum absolute atomic E-state index is 0.000139. The summed E-state index contributed by atoms with van der Waals surface area (Å²) in [5, 5.41) is 0. The van der Waals surface area contributed by atoms with E-state index in [4.69, 9.17) is 0 Å². The molecule has 0 spiro atoms. The van der Waals surface area contributed by atoms with E-state index in [1.165, 1.54) is 0 Å². The fourth-order valence-corrected chi connectivity index (χ4v) is 2.94. The quantitative estimate of drug-likeness (QED) is 0.741. The molecule has 0 fully saturated rings. The number of alkyl halides is 6. The molecule has 0 unspecified atom stereocenters. The van der Waals surface area contributed by atoms with Crippen LogP contribution in [0, 0.1) is 0 Å². The fraction of sp³-hybridized carbons (Fsp3) is 0.438. The summed E-state index contributed by atoms with van der Waals surface area (Å²) in [5.74, 6) is 0.750. The summed E-state index contributed by atoms with van der Waals surface area (Å²) >= 11 is 0. The zero-order valence-corrected chi connectivity index (χ0v) is 13.0. The fourth-order valence-electron chi connectivity index (χ4n) is 2.94. The van der Waals surface area contributed by atoms with Gasteiger partial charge in [-0.1, -0.05) is 0 Å². The molecular formula is C16H15F6N3. The predicted molar refractivity (Wildman–Crippen MR) is 77.4 cm³/mol. The Kier molecular flexibility index (Phi) is 4.52. The van der Waals surface area contributed by atoms with E-state index in [0.29, 0.717) is 13.1 Å². The number of halogens is 6. The van der Waals surface area contributed by atoms with E-state index in [2.05, 4.69) is 4.98 Å². The van der Waals surface area contributed by atoms with Crippen LogP contribution in [0.3, 0.4) is 0 Å². The van der Waals surface area contributed by atoms with Gasteiger partial charge in [-0.2, -0.15) is 26.3 Å². The molecule has 3 nitrogen and oxygen atoms in total. The molecule has 0 bridgehead atoms. The molecule has 1 aromatic heterocycles. The Morgan fingerprint density at radius 2 is 1.56 bits per heavy atom. The first-order chi connectivity index (χ1) is 11.6. The van der Waals surface area contributed by atoms with Crippen molar-refractivity contribution in [2.45, 2.75) is 38.4 Å². The lowest BCUT2D eigenvalue weighted by atomic mass is 10.0. The SMILES string of the molecule is FC(F)(F)c1cc(CN2CCCn3ccnc3C2)cc(C(F)(F)F)c1. The monoisotopic (exact) mass is 363 g/mol. The first kappa shape index (κ1) is 17.8. The number of imidazole rings is 1. The standard InChI is InChI=1S/C16H15F6N3/c17-15(18,19)12-6-11(7-13(8-12)16(20,21)22)9-24-3-1-4-25-5-2-23-14(25)10-24/h2,5-8H,1,3-4,9-10H2. The maximum atomic E-state index is 12.9. The van der Waals surface area contributed by atoms with Gasteiger partial charge in [-0.3, -0.25) is 4.90 Å². The van der Waals surface area contributed by atoms with Crippen LogP contribution < -0.4 is 0 Å². The van der Waals surface area contributed by atoms with Gasteiger partial charge in [-0.15, -0.1) is 0 Å². The Labute approximate surface area is 139 Å². The van der Waals surface area contributed by atoms with Crippen molar-refractivity contribution in [1.29, 1.82) is 0 Å². The molecule has 9 heteroatoms. The lowest BCUT2D eigenvalue weighted by Crippen LogP contribution is -2.24. The highest BCUT2D eigenvalue weighted by Crippen LogP contribution is 2.36. The van der Waals surface area contributed by atoms with Crippen molar-refractivity contribution < 1.29 is 26.3 Å². The number of nitrogens with zero attached hydrogens (tertiary/aromatic N) is 3. The van der Waals surface area contributed by atoms with Crippen molar-refractivity contribution in [2.24, 2.45) is 0 Å². The maximum Gasteiger partial charge on any atom is 0.416 e. The molecule has 25 heavy (non-hydrogen) atoms. The van der Waals surface area contributed by atoms with E-state index < -0.39 is 23.5 Å². The zero-order chi connectivity index (χ0) is 18.2. The van der Waals surface area contributed by atoms with Crippen molar-refractivity contribution in [3.05, 3.63) is 53.1 Å². The van der Waals surface area contributed by atoms with Crippen molar-refractivity contribution >= 4 is 0 Å². The Morgan fingerprint density at radius 3 is 2.16 bits per heavy atom. The van der Waals surface area contributed by atoms with Gasteiger partial charge in [0.25, 0.3) is 0 Å². The van der Waals surface area contributed by atoms with Gasteiger partial charge in [0.1, 0.15) is 5.82 Å². The van der Waals surface area contributed by atoms with Gasteiger partial charge in [0.15, 0.2) is 0 Å². The molecule has 1 aliphatic heterocycles. The third kappa shape index (κ3) is 4.15. The average molecular weight is 363 g/mol. The van der Waals surface area contributed by atoms with E-state index in [1.54, 1.807) is 6.20 Å². The van der Waals surface area contributed by atoms with Gasteiger partial charge in [-0.25, -0.2) is 4.98 Å². The Hall–Kier alpha value is -2.03. The third-order valence-electron chi connectivity index (χ3n) is 4.09. The summed E-state index contributed by atoms with van der Waals surface area (Å²) in [5.41, 5.74) is -2.58. The minimum Gasteiger partial charge on any atom is -0.334 e. The first-order valence-electron chi connectivity index (χ1n) is 7.63. The molecule has 136 valence electrons. The lowest BCUT2D eigenvalue weighted by Gasteiger charge is -2.21. The number of hydrogen-bond acceptors (Lipinski definition) is 2. The second-order valence-electron chi connectivity index (χ2n) is 6.02. The molecule has 1 aromatic carbocycles. The van der Waals surface area contributed by atoms with Crippen molar-refractivity contribution in [1.82, 2.24) is 14.5 Å². The summed E-state index contributed by atoms with van der Waals surface area (Å²) in [4.78, 5) is 5.99. The molecule has 0 atom stereocenters. The first-order valence-corrected chi connectivity index (χ1v) is 7.63. The van der Waals surface area contributed by atoms with Crippen LogP contribution in [-0.4, -0.2) is 21.0 Å². The van der Waals surface area contributed by atoms with Crippen LogP contribution in [0.25, 0.3) is 0 Å². The van der Waals surface area contributed by atoms with Crippen LogP contribution >= 0.6 is 0 Å². The predicted octanol–water partition coefficient (Wildman–Crippen LogP) is 4.33. The number of rotatable bonds is 2. The van der Waals surface area contributed by atoms with Crippen LogP contribution in [0.15, 0.2) is 30.6 Å². The topological polar surface area (TPSA) is 21.1 Å². The normalized spacial score (nSPS) is 16.6. The molecule has 0 radical (unpaired) electrons. The molecule has 0 aliphatic carbocycles. The van der Waals surface area contributed by atoms with Gasteiger partial charge in [0.05, 0.1) is 17.7 Å². The summed E-state index contributed by atoms with van der Waals surface area (Å²) in [6.45, 7) is 1.67. The van der Waals surface area contributed by atoms with Gasteiger partial charge in [-0.05, 0) is 30.2 Å². The van der Waals surface area contributed by atoms with Crippen molar-refractivity contribution in [2.75, 3.05) is 6.54 Å². The summed E-state index contributed by atoms with van der Waals surface area (Å²) < 4.78 is 79.6. The second kappa shape index (κ2) is 6.36. The maximum absolute atomic E-state index is 12.9. The van der Waals surface area contributed by atoms with Crippen molar-refractivity contribution in [3.63, 3.8) is 0 Å². The van der Waals surface area contributed by atoms with Crippen LogP contribution in [0.5, 0.6) is 0 Å². The third-order valence-corrected chi connectivity index (χ3v) is 4.09. The van der Waals surface area contributed by atoms with Crippen LogP contribution in [0.4, 0.5) is 26.3 Å². The smallest absolute Gasteiger partial charge is 0.334 e. The molecule has 3 rings (SSSR count). The average Bonchev–Trinajstić information content (AvgIpc) is 2.84. The van der Waals surface area contributed by atoms with Gasteiger partial charge < -0.3 is 4.57 Å². The number of fused-ring (bicyclic) bond motifs is 1. The van der Waals surface area contributed by atoms with E-state index >= 15 is 0 Å².